The summed E-state index contributed by atoms with van der Waals surface area (Å²) in [4.78, 5) is 23.7. The fourth-order valence-corrected chi connectivity index (χ4v) is 4.33. The molecule has 1 aromatic carbocycles. The second-order valence-electron chi connectivity index (χ2n) is 6.88. The molecule has 1 atom stereocenters. The van der Waals surface area contributed by atoms with Crippen molar-refractivity contribution in [2.24, 2.45) is 5.73 Å². The van der Waals surface area contributed by atoms with Gasteiger partial charge < -0.3 is 15.6 Å². The normalized spacial score (nSPS) is 16.1. The second kappa shape index (κ2) is 8.56. The SMILES string of the molecule is Cc1nnc(S[C@@H](C)C(=O)Nc2ccc(C(N)=O)cc2)n1C1CCCCC1. The lowest BCUT2D eigenvalue weighted by molar-refractivity contribution is -0.115. The Bertz CT molecular complexity index is 812. The first kappa shape index (κ1) is 19.4. The van der Waals surface area contributed by atoms with Gasteiger partial charge in [-0.1, -0.05) is 31.0 Å². The van der Waals surface area contributed by atoms with Gasteiger partial charge in [0.1, 0.15) is 5.82 Å². The van der Waals surface area contributed by atoms with Crippen molar-refractivity contribution in [3.05, 3.63) is 35.7 Å². The fourth-order valence-electron chi connectivity index (χ4n) is 3.36. The van der Waals surface area contributed by atoms with Crippen molar-refractivity contribution >= 4 is 29.3 Å². The second-order valence-corrected chi connectivity index (χ2v) is 8.19. The lowest BCUT2D eigenvalue weighted by Gasteiger charge is -2.25. The Kier molecular flexibility index (Phi) is 6.15. The largest absolute Gasteiger partial charge is 0.366 e. The van der Waals surface area contributed by atoms with Crippen molar-refractivity contribution in [3.63, 3.8) is 0 Å². The Hall–Kier alpha value is -2.35. The molecule has 0 spiro atoms. The number of thioether (sulfide) groups is 1. The Morgan fingerprint density at radius 1 is 1.19 bits per heavy atom. The average Bonchev–Trinajstić information content (AvgIpc) is 3.03. The molecule has 1 heterocycles. The molecule has 0 radical (unpaired) electrons. The summed E-state index contributed by atoms with van der Waals surface area (Å²) >= 11 is 1.42. The Balaban J connectivity index is 1.65. The molecule has 2 amide bonds. The molecule has 1 aliphatic carbocycles. The van der Waals surface area contributed by atoms with Gasteiger partial charge in [-0.2, -0.15) is 0 Å². The molecule has 1 aliphatic rings. The van der Waals surface area contributed by atoms with E-state index in [1.165, 1.54) is 31.0 Å². The first-order chi connectivity index (χ1) is 13.0. The van der Waals surface area contributed by atoms with Crippen molar-refractivity contribution in [1.82, 2.24) is 14.8 Å². The molecule has 7 nitrogen and oxygen atoms in total. The van der Waals surface area contributed by atoms with Crippen molar-refractivity contribution in [2.45, 2.75) is 62.4 Å². The number of benzene rings is 1. The molecule has 0 unspecified atom stereocenters. The lowest BCUT2D eigenvalue weighted by atomic mass is 9.95. The van der Waals surface area contributed by atoms with E-state index < -0.39 is 5.91 Å². The highest BCUT2D eigenvalue weighted by atomic mass is 32.2. The highest BCUT2D eigenvalue weighted by Crippen LogP contribution is 2.33. The summed E-state index contributed by atoms with van der Waals surface area (Å²) < 4.78 is 2.19. The molecule has 144 valence electrons. The standard InChI is InChI=1S/C19H25N5O2S/c1-12(18(26)21-15-10-8-14(9-11-15)17(20)25)27-19-23-22-13(2)24(19)16-6-4-3-5-7-16/h8-12,16H,3-7H2,1-2H3,(H2,20,25)(H,21,26)/t12-/m0/s1. The molecule has 2 aromatic rings. The van der Waals surface area contributed by atoms with E-state index in [-0.39, 0.29) is 11.2 Å². The summed E-state index contributed by atoms with van der Waals surface area (Å²) in [6, 6.07) is 6.96. The summed E-state index contributed by atoms with van der Waals surface area (Å²) in [5.74, 6) is 0.288. The summed E-state index contributed by atoms with van der Waals surface area (Å²) in [7, 11) is 0. The summed E-state index contributed by atoms with van der Waals surface area (Å²) in [6.07, 6.45) is 6.01. The number of carbonyl (C=O) groups excluding carboxylic acids is 2. The van der Waals surface area contributed by atoms with Gasteiger partial charge >= 0.3 is 0 Å². The number of rotatable bonds is 6. The van der Waals surface area contributed by atoms with Gasteiger partial charge in [0.05, 0.1) is 5.25 Å². The quantitative estimate of drug-likeness (QED) is 0.740. The predicted octanol–water partition coefficient (Wildman–Crippen LogP) is 3.31. The van der Waals surface area contributed by atoms with Crippen LogP contribution in [0.3, 0.4) is 0 Å². The van der Waals surface area contributed by atoms with Crippen LogP contribution >= 0.6 is 11.8 Å². The van der Waals surface area contributed by atoms with E-state index in [1.807, 2.05) is 13.8 Å². The molecule has 0 aliphatic heterocycles. The minimum atomic E-state index is -0.491. The minimum absolute atomic E-state index is 0.123. The molecule has 27 heavy (non-hydrogen) atoms. The molecular formula is C19H25N5O2S. The number of nitrogens with zero attached hydrogens (tertiary/aromatic N) is 3. The molecular weight excluding hydrogens is 362 g/mol. The van der Waals surface area contributed by atoms with Crippen molar-refractivity contribution in [3.8, 4) is 0 Å². The van der Waals surface area contributed by atoms with Crippen LogP contribution in [0, 0.1) is 6.92 Å². The Morgan fingerprint density at radius 2 is 1.85 bits per heavy atom. The van der Waals surface area contributed by atoms with Crippen LogP contribution in [0.15, 0.2) is 29.4 Å². The summed E-state index contributed by atoms with van der Waals surface area (Å²) in [5.41, 5.74) is 6.27. The van der Waals surface area contributed by atoms with Gasteiger partial charge in [-0.05, 0) is 51.0 Å². The molecule has 1 fully saturated rings. The van der Waals surface area contributed by atoms with Crippen LogP contribution in [0.4, 0.5) is 5.69 Å². The van der Waals surface area contributed by atoms with Gasteiger partial charge in [-0.3, -0.25) is 9.59 Å². The summed E-state index contributed by atoms with van der Waals surface area (Å²) in [6.45, 7) is 3.82. The number of hydrogen-bond acceptors (Lipinski definition) is 5. The van der Waals surface area contributed by atoms with E-state index in [1.54, 1.807) is 24.3 Å². The number of nitrogens with one attached hydrogen (secondary N) is 1. The van der Waals surface area contributed by atoms with Gasteiger partial charge in [0.25, 0.3) is 0 Å². The van der Waals surface area contributed by atoms with Crippen molar-refractivity contribution in [1.29, 1.82) is 0 Å². The van der Waals surface area contributed by atoms with Crippen LogP contribution < -0.4 is 11.1 Å². The van der Waals surface area contributed by atoms with E-state index in [0.29, 0.717) is 17.3 Å². The average molecular weight is 388 g/mol. The van der Waals surface area contributed by atoms with Crippen LogP contribution in [-0.2, 0) is 4.79 Å². The third kappa shape index (κ3) is 4.68. The third-order valence-corrected chi connectivity index (χ3v) is 5.92. The van der Waals surface area contributed by atoms with E-state index >= 15 is 0 Å². The van der Waals surface area contributed by atoms with Crippen molar-refractivity contribution in [2.75, 3.05) is 5.32 Å². The molecule has 3 rings (SSSR count). The van der Waals surface area contributed by atoms with Crippen molar-refractivity contribution < 1.29 is 9.59 Å². The van der Waals surface area contributed by atoms with Crippen LogP contribution in [0.2, 0.25) is 0 Å². The third-order valence-electron chi connectivity index (χ3n) is 4.86. The van der Waals surface area contributed by atoms with Crippen LogP contribution in [0.25, 0.3) is 0 Å². The van der Waals surface area contributed by atoms with Gasteiger partial charge in [0, 0.05) is 17.3 Å². The Morgan fingerprint density at radius 3 is 2.48 bits per heavy atom. The molecule has 1 aromatic heterocycles. The first-order valence-corrected chi connectivity index (χ1v) is 10.1. The number of aromatic nitrogens is 3. The van der Waals surface area contributed by atoms with Gasteiger partial charge in [0.2, 0.25) is 11.8 Å². The number of amides is 2. The topological polar surface area (TPSA) is 103 Å². The summed E-state index contributed by atoms with van der Waals surface area (Å²) in [5, 5.41) is 11.9. The molecule has 1 saturated carbocycles. The highest BCUT2D eigenvalue weighted by molar-refractivity contribution is 8.00. The monoisotopic (exact) mass is 387 g/mol. The Labute approximate surface area is 163 Å². The maximum absolute atomic E-state index is 12.5. The van der Waals surface area contributed by atoms with Gasteiger partial charge in [0.15, 0.2) is 5.16 Å². The number of hydrogen-bond donors (Lipinski definition) is 2. The number of carbonyl (C=O) groups is 2. The maximum atomic E-state index is 12.5. The highest BCUT2D eigenvalue weighted by Gasteiger charge is 2.24. The van der Waals surface area contributed by atoms with E-state index in [0.717, 1.165) is 23.8 Å². The van der Waals surface area contributed by atoms with Crippen LogP contribution in [-0.4, -0.2) is 31.8 Å². The van der Waals surface area contributed by atoms with E-state index in [9.17, 15) is 9.59 Å². The first-order valence-electron chi connectivity index (χ1n) is 9.24. The zero-order chi connectivity index (χ0) is 19.4. The molecule has 8 heteroatoms. The van der Waals surface area contributed by atoms with Gasteiger partial charge in [-0.15, -0.1) is 10.2 Å². The fraction of sp³-hybridized carbons (Fsp3) is 0.474. The zero-order valence-electron chi connectivity index (χ0n) is 15.6. The zero-order valence-corrected chi connectivity index (χ0v) is 16.5. The number of primary amides is 1. The van der Waals surface area contributed by atoms with E-state index in [4.69, 9.17) is 5.73 Å². The minimum Gasteiger partial charge on any atom is -0.366 e. The lowest BCUT2D eigenvalue weighted by Crippen LogP contribution is -2.23. The predicted molar refractivity (Wildman–Crippen MR) is 106 cm³/mol. The van der Waals surface area contributed by atoms with Crippen LogP contribution in [0.1, 0.15) is 61.3 Å². The van der Waals surface area contributed by atoms with Crippen LogP contribution in [0.5, 0.6) is 0 Å². The number of anilines is 1. The molecule has 0 saturated heterocycles. The molecule has 3 N–H and O–H groups in total. The van der Waals surface area contributed by atoms with Gasteiger partial charge in [-0.25, -0.2) is 0 Å². The number of aryl methyl sites for hydroxylation is 1. The molecule has 0 bridgehead atoms. The number of nitrogens with two attached hydrogens (primary N) is 1. The smallest absolute Gasteiger partial charge is 0.248 e. The van der Waals surface area contributed by atoms with E-state index in [2.05, 4.69) is 20.1 Å². The maximum Gasteiger partial charge on any atom is 0.248 e.